The molecule has 3 rings (SSSR count). The minimum absolute atomic E-state index is 0.166. The number of ether oxygens (including phenoxy) is 1. The van der Waals surface area contributed by atoms with Gasteiger partial charge in [-0.25, -0.2) is 0 Å². The van der Waals surface area contributed by atoms with Gasteiger partial charge in [-0.2, -0.15) is 23.5 Å². The van der Waals surface area contributed by atoms with Gasteiger partial charge in [-0.1, -0.05) is 18.5 Å². The molecule has 116 valence electrons. The number of halogens is 1. The number of benzene rings is 1. The summed E-state index contributed by atoms with van der Waals surface area (Å²) < 4.78 is 5.80. The number of rotatable bonds is 4. The van der Waals surface area contributed by atoms with E-state index >= 15 is 0 Å². The van der Waals surface area contributed by atoms with Crippen LogP contribution in [0.1, 0.15) is 24.5 Å². The highest BCUT2D eigenvalue weighted by atomic mass is 35.5. The van der Waals surface area contributed by atoms with Gasteiger partial charge in [0, 0.05) is 39.5 Å². The molecule has 2 N–H and O–H groups in total. The zero-order valence-electron chi connectivity index (χ0n) is 12.3. The zero-order chi connectivity index (χ0) is 14.8. The maximum atomic E-state index is 6.56. The summed E-state index contributed by atoms with van der Waals surface area (Å²) in [6.07, 6.45) is 3.02. The van der Waals surface area contributed by atoms with Crippen LogP contribution in [-0.4, -0.2) is 34.7 Å². The molecule has 0 spiro atoms. The van der Waals surface area contributed by atoms with Crippen LogP contribution in [-0.2, 0) is 12.8 Å². The van der Waals surface area contributed by atoms with Gasteiger partial charge in [0.2, 0.25) is 0 Å². The van der Waals surface area contributed by atoms with Crippen LogP contribution in [0.25, 0.3) is 0 Å². The summed E-state index contributed by atoms with van der Waals surface area (Å²) in [5.41, 5.74) is 8.98. The van der Waals surface area contributed by atoms with Gasteiger partial charge in [-0.3, -0.25) is 0 Å². The van der Waals surface area contributed by atoms with Crippen molar-refractivity contribution in [3.05, 3.63) is 28.3 Å². The molecule has 0 saturated carbocycles. The number of nitrogens with two attached hydrogens (primary N) is 1. The first-order valence-corrected chi connectivity index (χ1v) is 10.1. The van der Waals surface area contributed by atoms with Crippen LogP contribution in [0.15, 0.2) is 12.1 Å². The van der Waals surface area contributed by atoms with Crippen LogP contribution < -0.4 is 10.5 Å². The van der Waals surface area contributed by atoms with Crippen molar-refractivity contribution in [2.75, 3.05) is 18.1 Å². The van der Waals surface area contributed by atoms with E-state index in [1.54, 1.807) is 0 Å². The molecule has 2 heterocycles. The molecule has 0 radical (unpaired) electrons. The molecule has 2 nitrogen and oxygen atoms in total. The Labute approximate surface area is 140 Å². The van der Waals surface area contributed by atoms with E-state index in [4.69, 9.17) is 22.1 Å². The molecular formula is C16H22ClNOS2. The number of hydrogen-bond donors (Lipinski definition) is 1. The highest BCUT2D eigenvalue weighted by Gasteiger charge is 2.31. The van der Waals surface area contributed by atoms with Crippen molar-refractivity contribution in [2.45, 2.75) is 42.7 Å². The topological polar surface area (TPSA) is 35.2 Å². The average molecular weight is 344 g/mol. The van der Waals surface area contributed by atoms with Gasteiger partial charge in [0.15, 0.2) is 0 Å². The predicted octanol–water partition coefficient (Wildman–Crippen LogP) is 3.77. The third kappa shape index (κ3) is 3.49. The SMILES string of the molecule is CCC1SCCSC1C(N)Cc1cc(Cl)cc2c1OCC2. The number of fused-ring (bicyclic) bond motifs is 1. The van der Waals surface area contributed by atoms with Crippen LogP contribution in [0.2, 0.25) is 5.02 Å². The molecule has 0 aliphatic carbocycles. The van der Waals surface area contributed by atoms with E-state index in [1.165, 1.54) is 29.1 Å². The van der Waals surface area contributed by atoms with Crippen LogP contribution in [0.5, 0.6) is 5.75 Å². The molecule has 3 atom stereocenters. The van der Waals surface area contributed by atoms with Gasteiger partial charge >= 0.3 is 0 Å². The van der Waals surface area contributed by atoms with Gasteiger partial charge in [0.25, 0.3) is 0 Å². The minimum atomic E-state index is 0.166. The van der Waals surface area contributed by atoms with Gasteiger partial charge in [-0.15, -0.1) is 0 Å². The van der Waals surface area contributed by atoms with Crippen molar-refractivity contribution in [1.29, 1.82) is 0 Å². The first kappa shape index (κ1) is 15.9. The zero-order valence-corrected chi connectivity index (χ0v) is 14.7. The second-order valence-corrected chi connectivity index (χ2v) is 8.74. The van der Waals surface area contributed by atoms with E-state index in [9.17, 15) is 0 Å². The molecule has 1 aromatic carbocycles. The summed E-state index contributed by atoms with van der Waals surface area (Å²) >= 11 is 10.4. The molecule has 0 bridgehead atoms. The molecule has 21 heavy (non-hydrogen) atoms. The molecule has 5 heteroatoms. The first-order chi connectivity index (χ1) is 10.2. The summed E-state index contributed by atoms with van der Waals surface area (Å²) in [5, 5.41) is 2.01. The maximum Gasteiger partial charge on any atom is 0.125 e. The van der Waals surface area contributed by atoms with Crippen molar-refractivity contribution < 1.29 is 4.74 Å². The fourth-order valence-corrected chi connectivity index (χ4v) is 6.66. The Morgan fingerprint density at radius 3 is 3.00 bits per heavy atom. The van der Waals surface area contributed by atoms with Gasteiger partial charge < -0.3 is 10.5 Å². The largest absolute Gasteiger partial charge is 0.493 e. The van der Waals surface area contributed by atoms with Crippen molar-refractivity contribution in [2.24, 2.45) is 5.73 Å². The van der Waals surface area contributed by atoms with Crippen LogP contribution >= 0.6 is 35.1 Å². The summed E-state index contributed by atoms with van der Waals surface area (Å²) in [7, 11) is 0. The van der Waals surface area contributed by atoms with Crippen LogP contribution in [0.4, 0.5) is 0 Å². The Bertz CT molecular complexity index is 511. The standard InChI is InChI=1S/C16H22ClNOS2/c1-2-14-16(21-6-5-20-14)13(18)9-11-8-12(17)7-10-3-4-19-15(10)11/h7-8,13-14,16H,2-6,9,18H2,1H3. The fourth-order valence-electron chi connectivity index (χ4n) is 3.20. The Hall–Kier alpha value is -0.0300. The summed E-state index contributed by atoms with van der Waals surface area (Å²) in [6.45, 7) is 3.03. The summed E-state index contributed by atoms with van der Waals surface area (Å²) in [5.74, 6) is 3.50. The smallest absolute Gasteiger partial charge is 0.125 e. The van der Waals surface area contributed by atoms with Crippen molar-refractivity contribution in [3.63, 3.8) is 0 Å². The average Bonchev–Trinajstić information content (AvgIpc) is 2.95. The number of hydrogen-bond acceptors (Lipinski definition) is 4. The third-order valence-electron chi connectivity index (χ3n) is 4.20. The maximum absolute atomic E-state index is 6.56. The van der Waals surface area contributed by atoms with Crippen molar-refractivity contribution in [1.82, 2.24) is 0 Å². The summed E-state index contributed by atoms with van der Waals surface area (Å²) in [6, 6.07) is 4.23. The van der Waals surface area contributed by atoms with E-state index < -0.39 is 0 Å². The summed E-state index contributed by atoms with van der Waals surface area (Å²) in [4.78, 5) is 0. The molecule has 2 aliphatic rings. The van der Waals surface area contributed by atoms with E-state index in [0.29, 0.717) is 10.5 Å². The third-order valence-corrected chi connectivity index (χ3v) is 7.84. The first-order valence-electron chi connectivity index (χ1n) is 7.62. The van der Waals surface area contributed by atoms with Gasteiger partial charge in [0.05, 0.1) is 6.61 Å². The minimum Gasteiger partial charge on any atom is -0.493 e. The molecule has 1 aromatic rings. The lowest BCUT2D eigenvalue weighted by Gasteiger charge is -2.34. The predicted molar refractivity (Wildman–Crippen MR) is 95.1 cm³/mol. The highest BCUT2D eigenvalue weighted by molar-refractivity contribution is 8.07. The molecule has 0 aromatic heterocycles. The molecular weight excluding hydrogens is 322 g/mol. The normalized spacial score (nSPS) is 26.2. The molecule has 3 unspecified atom stereocenters. The van der Waals surface area contributed by atoms with E-state index in [-0.39, 0.29) is 6.04 Å². The van der Waals surface area contributed by atoms with E-state index in [2.05, 4.69) is 18.7 Å². The Morgan fingerprint density at radius 1 is 1.38 bits per heavy atom. The Balaban J connectivity index is 1.77. The quantitative estimate of drug-likeness (QED) is 0.902. The number of thioether (sulfide) groups is 2. The Morgan fingerprint density at radius 2 is 2.19 bits per heavy atom. The van der Waals surface area contributed by atoms with Gasteiger partial charge in [-0.05, 0) is 36.1 Å². The lowest BCUT2D eigenvalue weighted by molar-refractivity contribution is 0.352. The second-order valence-electron chi connectivity index (χ2n) is 5.67. The monoisotopic (exact) mass is 343 g/mol. The van der Waals surface area contributed by atoms with Crippen molar-refractivity contribution >= 4 is 35.1 Å². The van der Waals surface area contributed by atoms with Gasteiger partial charge in [0.1, 0.15) is 5.75 Å². The highest BCUT2D eigenvalue weighted by Crippen LogP contribution is 2.38. The van der Waals surface area contributed by atoms with Crippen LogP contribution in [0, 0.1) is 0 Å². The lowest BCUT2D eigenvalue weighted by atomic mass is 9.98. The fraction of sp³-hybridized carbons (Fsp3) is 0.625. The molecule has 1 fully saturated rings. The molecule has 2 aliphatic heterocycles. The van der Waals surface area contributed by atoms with E-state index in [1.807, 2.05) is 23.9 Å². The van der Waals surface area contributed by atoms with Crippen LogP contribution in [0.3, 0.4) is 0 Å². The lowest BCUT2D eigenvalue weighted by Crippen LogP contribution is -2.43. The Kier molecular flexibility index (Phi) is 5.31. The van der Waals surface area contributed by atoms with Crippen molar-refractivity contribution in [3.8, 4) is 5.75 Å². The van der Waals surface area contributed by atoms with E-state index in [0.717, 1.165) is 30.2 Å². The molecule has 1 saturated heterocycles. The second kappa shape index (κ2) is 7.03. The molecule has 0 amide bonds.